The van der Waals surface area contributed by atoms with E-state index < -0.39 is 0 Å². The third kappa shape index (κ3) is 3.58. The fourth-order valence-electron chi connectivity index (χ4n) is 1.14. The minimum absolute atomic E-state index is 0.0883. The van der Waals surface area contributed by atoms with E-state index in [4.69, 9.17) is 5.26 Å². The van der Waals surface area contributed by atoms with E-state index in [0.29, 0.717) is 17.9 Å². The fourth-order valence-corrected chi connectivity index (χ4v) is 1.14. The van der Waals surface area contributed by atoms with Gasteiger partial charge in [-0.25, -0.2) is 4.98 Å². The molecule has 0 bridgehead atoms. The first-order valence-corrected chi connectivity index (χ1v) is 5.13. The van der Waals surface area contributed by atoms with Crippen LogP contribution in [-0.2, 0) is 4.79 Å². The fraction of sp³-hybridized carbons (Fsp3) is 0.364. The van der Waals surface area contributed by atoms with Gasteiger partial charge in [0.25, 0.3) is 0 Å². The SMILES string of the molecule is CCCNC(=O)CNc1cccnc1C#N. The van der Waals surface area contributed by atoms with E-state index >= 15 is 0 Å². The Hall–Kier alpha value is -2.09. The van der Waals surface area contributed by atoms with Crippen LogP contribution in [0.4, 0.5) is 5.69 Å². The standard InChI is InChI=1S/C11H14N4O/c1-2-5-14-11(16)8-15-9-4-3-6-13-10(9)7-12/h3-4,6,15H,2,5,8H2,1H3,(H,14,16). The highest BCUT2D eigenvalue weighted by Gasteiger charge is 2.04. The highest BCUT2D eigenvalue weighted by atomic mass is 16.1. The summed E-state index contributed by atoms with van der Waals surface area (Å²) in [6.07, 6.45) is 2.45. The summed E-state index contributed by atoms with van der Waals surface area (Å²) in [4.78, 5) is 15.2. The Morgan fingerprint density at radius 3 is 3.12 bits per heavy atom. The molecule has 0 unspecified atom stereocenters. The lowest BCUT2D eigenvalue weighted by atomic mass is 10.3. The van der Waals surface area contributed by atoms with Crippen molar-refractivity contribution < 1.29 is 4.79 Å². The molecule has 1 aromatic rings. The summed E-state index contributed by atoms with van der Waals surface area (Å²) in [5, 5.41) is 14.4. The van der Waals surface area contributed by atoms with Crippen molar-refractivity contribution in [3.63, 3.8) is 0 Å². The largest absolute Gasteiger partial charge is 0.374 e. The molecule has 16 heavy (non-hydrogen) atoms. The number of carbonyl (C=O) groups is 1. The Bertz CT molecular complexity index is 397. The molecule has 0 saturated carbocycles. The number of nitriles is 1. The van der Waals surface area contributed by atoms with Crippen molar-refractivity contribution in [1.29, 1.82) is 5.26 Å². The average Bonchev–Trinajstić information content (AvgIpc) is 2.34. The molecule has 2 N–H and O–H groups in total. The van der Waals surface area contributed by atoms with Crippen LogP contribution in [0.1, 0.15) is 19.0 Å². The summed E-state index contributed by atoms with van der Waals surface area (Å²) in [6, 6.07) is 5.39. The predicted molar refractivity (Wildman–Crippen MR) is 60.7 cm³/mol. The summed E-state index contributed by atoms with van der Waals surface area (Å²) in [5.41, 5.74) is 0.877. The van der Waals surface area contributed by atoms with Crippen molar-refractivity contribution in [3.8, 4) is 6.07 Å². The van der Waals surface area contributed by atoms with Crippen molar-refractivity contribution in [3.05, 3.63) is 24.0 Å². The molecule has 0 aliphatic heterocycles. The molecule has 5 nitrogen and oxygen atoms in total. The minimum atomic E-state index is -0.0883. The van der Waals surface area contributed by atoms with Crippen LogP contribution in [0.15, 0.2) is 18.3 Å². The maximum atomic E-state index is 11.3. The Labute approximate surface area is 94.5 Å². The van der Waals surface area contributed by atoms with Crippen LogP contribution in [0.3, 0.4) is 0 Å². The van der Waals surface area contributed by atoms with Gasteiger partial charge in [-0.2, -0.15) is 5.26 Å². The summed E-state index contributed by atoms with van der Waals surface area (Å²) in [6.45, 7) is 2.81. The smallest absolute Gasteiger partial charge is 0.239 e. The van der Waals surface area contributed by atoms with Crippen LogP contribution in [0.2, 0.25) is 0 Å². The molecule has 0 atom stereocenters. The zero-order valence-corrected chi connectivity index (χ0v) is 9.16. The van der Waals surface area contributed by atoms with Crippen LogP contribution < -0.4 is 10.6 Å². The second-order valence-corrected chi connectivity index (χ2v) is 3.21. The van der Waals surface area contributed by atoms with Crippen LogP contribution >= 0.6 is 0 Å². The van der Waals surface area contributed by atoms with Crippen LogP contribution in [0.25, 0.3) is 0 Å². The molecule has 1 rings (SSSR count). The zero-order valence-electron chi connectivity index (χ0n) is 9.16. The molecule has 84 valence electrons. The number of hydrogen-bond donors (Lipinski definition) is 2. The number of carbonyl (C=O) groups excluding carboxylic acids is 1. The van der Waals surface area contributed by atoms with Gasteiger partial charge in [0.15, 0.2) is 5.69 Å². The molecule has 0 spiro atoms. The average molecular weight is 218 g/mol. The molecule has 5 heteroatoms. The number of hydrogen-bond acceptors (Lipinski definition) is 4. The third-order valence-corrected chi connectivity index (χ3v) is 1.93. The van der Waals surface area contributed by atoms with Gasteiger partial charge in [0.1, 0.15) is 6.07 Å². The topological polar surface area (TPSA) is 77.8 Å². The van der Waals surface area contributed by atoms with E-state index in [0.717, 1.165) is 6.42 Å². The van der Waals surface area contributed by atoms with Gasteiger partial charge in [0.2, 0.25) is 5.91 Å². The van der Waals surface area contributed by atoms with Gasteiger partial charge in [-0.1, -0.05) is 6.92 Å². The van der Waals surface area contributed by atoms with Crippen LogP contribution in [0.5, 0.6) is 0 Å². The number of rotatable bonds is 5. The molecule has 1 aromatic heterocycles. The van der Waals surface area contributed by atoms with Crippen molar-refractivity contribution in [2.75, 3.05) is 18.4 Å². The van der Waals surface area contributed by atoms with Crippen molar-refractivity contribution >= 4 is 11.6 Å². The van der Waals surface area contributed by atoms with Gasteiger partial charge in [-0.15, -0.1) is 0 Å². The van der Waals surface area contributed by atoms with Gasteiger partial charge < -0.3 is 10.6 Å². The molecule has 1 amide bonds. The summed E-state index contributed by atoms with van der Waals surface area (Å²) in [7, 11) is 0. The van der Waals surface area contributed by atoms with E-state index in [1.165, 1.54) is 0 Å². The summed E-state index contributed by atoms with van der Waals surface area (Å²) in [5.74, 6) is -0.0883. The number of nitrogens with zero attached hydrogens (tertiary/aromatic N) is 2. The van der Waals surface area contributed by atoms with Gasteiger partial charge >= 0.3 is 0 Å². The van der Waals surface area contributed by atoms with Crippen molar-refractivity contribution in [2.24, 2.45) is 0 Å². The molecule has 0 radical (unpaired) electrons. The zero-order chi connectivity index (χ0) is 11.8. The normalized spacial score (nSPS) is 9.25. The first-order chi connectivity index (χ1) is 7.77. The van der Waals surface area contributed by atoms with Crippen LogP contribution in [-0.4, -0.2) is 24.0 Å². The first-order valence-electron chi connectivity index (χ1n) is 5.13. The summed E-state index contributed by atoms with van der Waals surface area (Å²) < 4.78 is 0. The van der Waals surface area contributed by atoms with E-state index in [9.17, 15) is 4.79 Å². The lowest BCUT2D eigenvalue weighted by Crippen LogP contribution is -2.30. The Kier molecular flexibility index (Phi) is 4.80. The summed E-state index contributed by atoms with van der Waals surface area (Å²) >= 11 is 0. The molecule has 0 saturated heterocycles. The maximum absolute atomic E-state index is 11.3. The second-order valence-electron chi connectivity index (χ2n) is 3.21. The monoisotopic (exact) mass is 218 g/mol. The number of anilines is 1. The van der Waals surface area contributed by atoms with Gasteiger partial charge in [-0.05, 0) is 18.6 Å². The Morgan fingerprint density at radius 2 is 2.44 bits per heavy atom. The molecule has 0 fully saturated rings. The molecule has 0 aliphatic rings. The van der Waals surface area contributed by atoms with Crippen LogP contribution in [0, 0.1) is 11.3 Å². The quantitative estimate of drug-likeness (QED) is 0.769. The number of aromatic nitrogens is 1. The maximum Gasteiger partial charge on any atom is 0.239 e. The Morgan fingerprint density at radius 1 is 1.62 bits per heavy atom. The molecule has 0 aromatic carbocycles. The molecule has 0 aliphatic carbocycles. The van der Waals surface area contributed by atoms with Crippen molar-refractivity contribution in [1.82, 2.24) is 10.3 Å². The third-order valence-electron chi connectivity index (χ3n) is 1.93. The minimum Gasteiger partial charge on any atom is -0.374 e. The van der Waals surface area contributed by atoms with Gasteiger partial charge in [0, 0.05) is 12.7 Å². The lowest BCUT2D eigenvalue weighted by molar-refractivity contribution is -0.119. The first kappa shape index (κ1) is 12.0. The number of nitrogens with one attached hydrogen (secondary N) is 2. The second kappa shape index (κ2) is 6.40. The molecule has 1 heterocycles. The van der Waals surface area contributed by atoms with Gasteiger partial charge in [0.05, 0.1) is 12.2 Å². The van der Waals surface area contributed by atoms with E-state index in [1.54, 1.807) is 18.3 Å². The lowest BCUT2D eigenvalue weighted by Gasteiger charge is -2.07. The van der Waals surface area contributed by atoms with E-state index in [2.05, 4.69) is 15.6 Å². The number of amides is 1. The van der Waals surface area contributed by atoms with E-state index in [1.807, 2.05) is 13.0 Å². The van der Waals surface area contributed by atoms with Gasteiger partial charge in [-0.3, -0.25) is 4.79 Å². The van der Waals surface area contributed by atoms with E-state index in [-0.39, 0.29) is 12.5 Å². The highest BCUT2D eigenvalue weighted by Crippen LogP contribution is 2.09. The Balaban J connectivity index is 2.48. The predicted octanol–water partition coefficient (Wildman–Crippen LogP) is 0.891. The molecular formula is C11H14N4O. The highest BCUT2D eigenvalue weighted by molar-refractivity contribution is 5.81. The number of pyridine rings is 1. The molecular weight excluding hydrogens is 204 g/mol. The van der Waals surface area contributed by atoms with Crippen molar-refractivity contribution in [2.45, 2.75) is 13.3 Å².